The average Bonchev–Trinajstić information content (AvgIpc) is 3.64. The molecule has 2 aromatic carbocycles. The summed E-state index contributed by atoms with van der Waals surface area (Å²) in [5, 5.41) is 10.5. The summed E-state index contributed by atoms with van der Waals surface area (Å²) >= 11 is 0. The number of carbonyl (C=O) groups excluding carboxylic acids is 1. The largest absolute Gasteiger partial charge is 0.434 e. The monoisotopic (exact) mass is 572 g/mol. The van der Waals surface area contributed by atoms with Crippen molar-refractivity contribution in [3.05, 3.63) is 76.8 Å². The van der Waals surface area contributed by atoms with E-state index in [0.29, 0.717) is 43.5 Å². The summed E-state index contributed by atoms with van der Waals surface area (Å²) in [6.45, 7) is 1.32. The number of halogens is 5. The van der Waals surface area contributed by atoms with Crippen molar-refractivity contribution < 1.29 is 31.5 Å². The first kappa shape index (κ1) is 27.2. The molecule has 13 heteroatoms. The zero-order chi connectivity index (χ0) is 29.1. The molecule has 1 amide bonds. The Labute approximate surface area is 231 Å². The molecule has 6 rings (SSSR count). The molecule has 1 atom stereocenters. The fourth-order valence-electron chi connectivity index (χ4n) is 5.27. The number of pyridine rings is 1. The van der Waals surface area contributed by atoms with E-state index in [9.17, 15) is 18.0 Å². The van der Waals surface area contributed by atoms with Gasteiger partial charge in [-0.15, -0.1) is 10.2 Å². The maximum absolute atomic E-state index is 16.4. The molecule has 4 aromatic rings. The lowest BCUT2D eigenvalue weighted by molar-refractivity contribution is -0.222. The second-order valence-electron chi connectivity index (χ2n) is 10.3. The SMILES string of the molecule is COCCNCc1cc2c3c(ccc(F)c3c1)N(c1cc(C(F)(c3nncn3C)C(F)(F)F)cc(C3CC3)n1)C2=O. The minimum atomic E-state index is -5.40. The predicted octanol–water partition coefficient (Wildman–Crippen LogP) is 5.18. The van der Waals surface area contributed by atoms with Crippen LogP contribution in [0.3, 0.4) is 0 Å². The van der Waals surface area contributed by atoms with Gasteiger partial charge in [0.05, 0.1) is 17.9 Å². The second kappa shape index (κ2) is 9.84. The highest BCUT2D eigenvalue weighted by Crippen LogP contribution is 2.51. The van der Waals surface area contributed by atoms with Crippen molar-refractivity contribution >= 4 is 28.2 Å². The topological polar surface area (TPSA) is 85.2 Å². The number of aryl methyl sites for hydroxylation is 1. The van der Waals surface area contributed by atoms with Crippen LogP contribution in [0.5, 0.6) is 0 Å². The number of carbonyl (C=O) groups is 1. The van der Waals surface area contributed by atoms with Crippen molar-refractivity contribution in [2.75, 3.05) is 25.2 Å². The molecule has 1 aliphatic carbocycles. The minimum absolute atomic E-state index is 0.177. The van der Waals surface area contributed by atoms with Gasteiger partial charge in [-0.25, -0.2) is 13.8 Å². The fraction of sp³-hybridized carbons (Fsp3) is 0.357. The van der Waals surface area contributed by atoms with Gasteiger partial charge in [0.25, 0.3) is 11.6 Å². The molecule has 1 saturated carbocycles. The van der Waals surface area contributed by atoms with Crippen LogP contribution in [0.15, 0.2) is 42.7 Å². The molecule has 1 aliphatic heterocycles. The molecule has 1 N–H and O–H groups in total. The summed E-state index contributed by atoms with van der Waals surface area (Å²) < 4.78 is 80.8. The summed E-state index contributed by atoms with van der Waals surface area (Å²) in [6.07, 6.45) is -3.09. The third kappa shape index (κ3) is 4.43. The van der Waals surface area contributed by atoms with E-state index in [1.54, 1.807) is 19.2 Å². The lowest BCUT2D eigenvalue weighted by atomic mass is 9.93. The number of hydrogen-bond donors (Lipinski definition) is 1. The van der Waals surface area contributed by atoms with Crippen molar-refractivity contribution in [1.29, 1.82) is 0 Å². The van der Waals surface area contributed by atoms with E-state index in [1.807, 2.05) is 0 Å². The van der Waals surface area contributed by atoms with Gasteiger partial charge in [-0.1, -0.05) is 0 Å². The summed E-state index contributed by atoms with van der Waals surface area (Å²) in [5.74, 6) is -2.47. The number of rotatable bonds is 9. The molecule has 0 radical (unpaired) electrons. The Bertz CT molecular complexity index is 1670. The van der Waals surface area contributed by atoms with E-state index < -0.39 is 35.0 Å². The lowest BCUT2D eigenvalue weighted by Crippen LogP contribution is -2.42. The standard InChI is InChI=1S/C28H25F5N6O2/c1-38-14-35-37-26(38)27(30,28(31,32)33)17-11-21(16-3-4-16)36-23(12-17)39-22-6-5-20(29)18-9-15(13-34-7-8-41-2)10-19(24(18)22)25(39)40/h5-6,9-12,14,16,34H,3-4,7-8,13H2,1-2H3. The molecule has 1 unspecified atom stereocenters. The van der Waals surface area contributed by atoms with Gasteiger partial charge in [-0.2, -0.15) is 13.2 Å². The number of aromatic nitrogens is 4. The Morgan fingerprint density at radius 3 is 2.56 bits per heavy atom. The van der Waals surface area contributed by atoms with Crippen LogP contribution in [0.4, 0.5) is 33.5 Å². The van der Waals surface area contributed by atoms with Crippen LogP contribution >= 0.6 is 0 Å². The number of methoxy groups -OCH3 is 1. The van der Waals surface area contributed by atoms with Gasteiger partial charge in [-0.3, -0.25) is 9.69 Å². The first-order chi connectivity index (χ1) is 19.5. The lowest BCUT2D eigenvalue weighted by Gasteiger charge is -2.29. The minimum Gasteiger partial charge on any atom is -0.383 e. The van der Waals surface area contributed by atoms with Crippen LogP contribution in [0.25, 0.3) is 10.8 Å². The fourth-order valence-corrected chi connectivity index (χ4v) is 5.27. The third-order valence-corrected chi connectivity index (χ3v) is 7.45. The van der Waals surface area contributed by atoms with Crippen molar-refractivity contribution in [3.63, 3.8) is 0 Å². The summed E-state index contributed by atoms with van der Waals surface area (Å²) in [7, 11) is 2.78. The summed E-state index contributed by atoms with van der Waals surface area (Å²) in [4.78, 5) is 19.5. The van der Waals surface area contributed by atoms with E-state index in [0.717, 1.165) is 27.9 Å². The van der Waals surface area contributed by atoms with Gasteiger partial charge in [-0.05, 0) is 54.8 Å². The highest BCUT2D eigenvalue weighted by molar-refractivity contribution is 6.27. The van der Waals surface area contributed by atoms with Crippen molar-refractivity contribution in [2.24, 2.45) is 7.05 Å². The van der Waals surface area contributed by atoms with Gasteiger partial charge in [0.2, 0.25) is 0 Å². The number of benzene rings is 2. The molecule has 41 heavy (non-hydrogen) atoms. The highest BCUT2D eigenvalue weighted by Gasteiger charge is 2.62. The molecule has 1 fully saturated rings. The van der Waals surface area contributed by atoms with E-state index in [1.165, 1.54) is 19.2 Å². The molecule has 0 bridgehead atoms. The normalized spacial score (nSPS) is 16.6. The number of alkyl halides is 4. The number of nitrogens with zero attached hydrogens (tertiary/aromatic N) is 5. The molecule has 3 heterocycles. The number of amides is 1. The van der Waals surface area contributed by atoms with Gasteiger partial charge < -0.3 is 14.6 Å². The van der Waals surface area contributed by atoms with Crippen molar-refractivity contribution in [3.8, 4) is 0 Å². The Kier molecular flexibility index (Phi) is 6.53. The Balaban J connectivity index is 1.50. The molecule has 2 aromatic heterocycles. The Morgan fingerprint density at radius 2 is 1.90 bits per heavy atom. The molecule has 214 valence electrons. The van der Waals surface area contributed by atoms with Crippen LogP contribution in [0.2, 0.25) is 0 Å². The second-order valence-corrected chi connectivity index (χ2v) is 10.3. The zero-order valence-corrected chi connectivity index (χ0v) is 22.1. The van der Waals surface area contributed by atoms with Crippen LogP contribution in [-0.4, -0.2) is 52.1 Å². The molecule has 8 nitrogen and oxygen atoms in total. The van der Waals surface area contributed by atoms with Crippen molar-refractivity contribution in [1.82, 2.24) is 25.1 Å². The van der Waals surface area contributed by atoms with Gasteiger partial charge in [0, 0.05) is 55.2 Å². The average molecular weight is 573 g/mol. The van der Waals surface area contributed by atoms with Crippen LogP contribution in [-0.2, 0) is 24.0 Å². The first-order valence-electron chi connectivity index (χ1n) is 13.0. The Hall–Kier alpha value is -3.97. The number of anilines is 2. The first-order valence-corrected chi connectivity index (χ1v) is 13.0. The number of nitrogens with one attached hydrogen (secondary N) is 1. The molecule has 0 saturated heterocycles. The summed E-state index contributed by atoms with van der Waals surface area (Å²) in [5.41, 5.74) is -3.50. The molecule has 0 spiro atoms. The maximum atomic E-state index is 16.4. The highest BCUT2D eigenvalue weighted by atomic mass is 19.4. The zero-order valence-electron chi connectivity index (χ0n) is 22.1. The predicted molar refractivity (Wildman–Crippen MR) is 139 cm³/mol. The molecular formula is C28H25F5N6O2. The Morgan fingerprint density at radius 1 is 1.12 bits per heavy atom. The van der Waals surface area contributed by atoms with E-state index in [2.05, 4.69) is 20.5 Å². The number of ether oxygens (including phenoxy) is 1. The molecule has 2 aliphatic rings. The third-order valence-electron chi connectivity index (χ3n) is 7.45. The summed E-state index contributed by atoms with van der Waals surface area (Å²) in [6, 6.07) is 7.81. The van der Waals surface area contributed by atoms with Gasteiger partial charge in [0.15, 0.2) is 5.82 Å². The van der Waals surface area contributed by atoms with Crippen LogP contribution in [0.1, 0.15) is 51.8 Å². The van der Waals surface area contributed by atoms with Crippen LogP contribution in [0, 0.1) is 5.82 Å². The quantitative estimate of drug-likeness (QED) is 0.220. The van der Waals surface area contributed by atoms with E-state index in [4.69, 9.17) is 4.74 Å². The van der Waals surface area contributed by atoms with Gasteiger partial charge in [0.1, 0.15) is 18.0 Å². The van der Waals surface area contributed by atoms with Crippen LogP contribution < -0.4 is 10.2 Å². The van der Waals surface area contributed by atoms with E-state index in [-0.39, 0.29) is 34.1 Å². The van der Waals surface area contributed by atoms with Crippen molar-refractivity contribution in [2.45, 2.75) is 37.1 Å². The van der Waals surface area contributed by atoms with E-state index >= 15 is 8.78 Å². The smallest absolute Gasteiger partial charge is 0.383 e. The van der Waals surface area contributed by atoms with Gasteiger partial charge >= 0.3 is 6.18 Å². The molecular weight excluding hydrogens is 547 g/mol. The maximum Gasteiger partial charge on any atom is 0.434 e. The number of hydrogen-bond acceptors (Lipinski definition) is 6.